The predicted octanol–water partition coefficient (Wildman–Crippen LogP) is 4.47. The van der Waals surface area contributed by atoms with Gasteiger partial charge in [-0.05, 0) is 11.6 Å². The van der Waals surface area contributed by atoms with E-state index in [1.54, 1.807) is 0 Å². The number of carboxylic acid groups (broad SMARTS) is 1. The van der Waals surface area contributed by atoms with Gasteiger partial charge in [0.25, 0.3) is 0 Å². The number of aromatic nitrogens is 1. The molecule has 124 valence electrons. The summed E-state index contributed by atoms with van der Waals surface area (Å²) in [5, 5.41) is 8.55. The molecule has 0 radical (unpaired) electrons. The van der Waals surface area contributed by atoms with E-state index in [4.69, 9.17) is 5.11 Å². The highest BCUT2D eigenvalue weighted by molar-refractivity contribution is 7.13. The molecule has 2 rings (SSSR count). The molecule has 0 saturated carbocycles. The summed E-state index contributed by atoms with van der Waals surface area (Å²) in [5.41, 5.74) is -2.41. The highest BCUT2D eigenvalue weighted by Gasteiger charge is 2.39. The summed E-state index contributed by atoms with van der Waals surface area (Å²) in [6.45, 7) is 0. The van der Waals surface area contributed by atoms with Crippen LogP contribution < -0.4 is 0 Å². The number of halogens is 6. The summed E-state index contributed by atoms with van der Waals surface area (Å²) in [7, 11) is 0. The Balaban J connectivity index is 2.36. The zero-order valence-electron chi connectivity index (χ0n) is 11.0. The quantitative estimate of drug-likeness (QED) is 0.827. The molecule has 0 amide bonds. The van der Waals surface area contributed by atoms with E-state index < -0.39 is 34.5 Å². The first-order chi connectivity index (χ1) is 10.5. The van der Waals surface area contributed by atoms with Crippen molar-refractivity contribution < 1.29 is 36.2 Å². The zero-order valence-corrected chi connectivity index (χ0v) is 11.8. The normalized spacial score (nSPS) is 12.4. The second-order valence-corrected chi connectivity index (χ2v) is 5.55. The second-order valence-electron chi connectivity index (χ2n) is 4.46. The van der Waals surface area contributed by atoms with Crippen molar-refractivity contribution in [2.75, 3.05) is 0 Å². The minimum Gasteiger partial charge on any atom is -0.477 e. The van der Waals surface area contributed by atoms with Gasteiger partial charge in [0.1, 0.15) is 4.88 Å². The van der Waals surface area contributed by atoms with Crippen LogP contribution in [-0.4, -0.2) is 16.1 Å². The number of alkyl halides is 6. The Hall–Kier alpha value is -2.10. The van der Waals surface area contributed by atoms with Crippen LogP contribution in [0.5, 0.6) is 0 Å². The van der Waals surface area contributed by atoms with Crippen molar-refractivity contribution in [3.8, 4) is 0 Å². The first-order valence-electron chi connectivity index (χ1n) is 5.95. The van der Waals surface area contributed by atoms with Gasteiger partial charge in [-0.2, -0.15) is 26.3 Å². The van der Waals surface area contributed by atoms with Gasteiger partial charge in [0.15, 0.2) is 5.69 Å². The van der Waals surface area contributed by atoms with E-state index in [0.29, 0.717) is 11.3 Å². The van der Waals surface area contributed by atoms with Crippen molar-refractivity contribution in [3.05, 3.63) is 51.0 Å². The Morgan fingerprint density at radius 3 is 2.26 bits per heavy atom. The lowest BCUT2D eigenvalue weighted by Crippen LogP contribution is -2.11. The van der Waals surface area contributed by atoms with Crippen LogP contribution in [0.4, 0.5) is 26.3 Å². The SMILES string of the molecule is O=C(O)c1sc(Cc2cccc(C(F)(F)F)c2)nc1C(F)(F)F. The van der Waals surface area contributed by atoms with Crippen LogP contribution in [0, 0.1) is 0 Å². The van der Waals surface area contributed by atoms with Gasteiger partial charge in [0.05, 0.1) is 10.6 Å². The maximum absolute atomic E-state index is 12.7. The Morgan fingerprint density at radius 1 is 1.13 bits per heavy atom. The molecule has 0 aliphatic heterocycles. The highest BCUT2D eigenvalue weighted by atomic mass is 32.1. The fourth-order valence-corrected chi connectivity index (χ4v) is 2.77. The van der Waals surface area contributed by atoms with Crippen molar-refractivity contribution in [1.82, 2.24) is 4.98 Å². The Morgan fingerprint density at radius 2 is 1.78 bits per heavy atom. The first kappa shape index (κ1) is 17.3. The molecule has 3 nitrogen and oxygen atoms in total. The molecule has 1 N–H and O–H groups in total. The van der Waals surface area contributed by atoms with E-state index >= 15 is 0 Å². The third-order valence-corrected chi connectivity index (χ3v) is 3.79. The van der Waals surface area contributed by atoms with Gasteiger partial charge in [0.2, 0.25) is 0 Å². The maximum Gasteiger partial charge on any atom is 0.435 e. The molecule has 0 bridgehead atoms. The van der Waals surface area contributed by atoms with Crippen LogP contribution >= 0.6 is 11.3 Å². The minimum atomic E-state index is -4.95. The summed E-state index contributed by atoms with van der Waals surface area (Å²) in [6, 6.07) is 4.03. The van der Waals surface area contributed by atoms with Crippen molar-refractivity contribution in [1.29, 1.82) is 0 Å². The van der Waals surface area contributed by atoms with Gasteiger partial charge in [-0.15, -0.1) is 11.3 Å². The van der Waals surface area contributed by atoms with Crippen LogP contribution in [0.2, 0.25) is 0 Å². The third kappa shape index (κ3) is 4.01. The van der Waals surface area contributed by atoms with Gasteiger partial charge in [-0.3, -0.25) is 0 Å². The fourth-order valence-electron chi connectivity index (χ4n) is 1.81. The number of carboxylic acids is 1. The van der Waals surface area contributed by atoms with E-state index in [9.17, 15) is 31.1 Å². The molecule has 0 atom stereocenters. The highest BCUT2D eigenvalue weighted by Crippen LogP contribution is 2.35. The molecule has 2 aromatic rings. The van der Waals surface area contributed by atoms with E-state index in [1.165, 1.54) is 6.07 Å². The molecule has 10 heteroatoms. The molecule has 1 aromatic carbocycles. The minimum absolute atomic E-state index is 0.0826. The summed E-state index contributed by atoms with van der Waals surface area (Å²) < 4.78 is 75.9. The van der Waals surface area contributed by atoms with E-state index in [-0.39, 0.29) is 17.0 Å². The number of benzene rings is 1. The van der Waals surface area contributed by atoms with Crippen molar-refractivity contribution in [3.63, 3.8) is 0 Å². The number of aromatic carboxylic acids is 1. The van der Waals surface area contributed by atoms with Crippen LogP contribution in [0.15, 0.2) is 24.3 Å². The van der Waals surface area contributed by atoms with Gasteiger partial charge < -0.3 is 5.11 Å². The van der Waals surface area contributed by atoms with Crippen molar-refractivity contribution in [2.45, 2.75) is 18.8 Å². The molecule has 0 aliphatic rings. The fraction of sp³-hybridized carbons (Fsp3) is 0.231. The monoisotopic (exact) mass is 355 g/mol. The Bertz CT molecular complexity index is 735. The average Bonchev–Trinajstić information content (AvgIpc) is 2.82. The zero-order chi connectivity index (χ0) is 17.4. The molecule has 0 aliphatic carbocycles. The summed E-state index contributed by atoms with van der Waals surface area (Å²) >= 11 is 0.291. The van der Waals surface area contributed by atoms with Crippen LogP contribution in [0.3, 0.4) is 0 Å². The topological polar surface area (TPSA) is 50.2 Å². The summed E-state index contributed by atoms with van der Waals surface area (Å²) in [6.07, 6.45) is -9.86. The molecule has 23 heavy (non-hydrogen) atoms. The third-order valence-electron chi connectivity index (χ3n) is 2.74. The summed E-state index contributed by atoms with van der Waals surface area (Å²) in [4.78, 5) is 13.1. The molecular formula is C13H7F6NO2S. The number of rotatable bonds is 3. The van der Waals surface area contributed by atoms with Crippen molar-refractivity contribution >= 4 is 17.3 Å². The first-order valence-corrected chi connectivity index (χ1v) is 6.76. The number of hydrogen-bond acceptors (Lipinski definition) is 3. The Kier molecular flexibility index (Phi) is 4.38. The predicted molar refractivity (Wildman–Crippen MR) is 68.3 cm³/mol. The molecule has 1 aromatic heterocycles. The molecule has 0 unspecified atom stereocenters. The second kappa shape index (κ2) is 5.84. The van der Waals surface area contributed by atoms with Crippen LogP contribution in [0.25, 0.3) is 0 Å². The smallest absolute Gasteiger partial charge is 0.435 e. The van der Waals surface area contributed by atoms with Crippen molar-refractivity contribution in [2.24, 2.45) is 0 Å². The molecule has 0 saturated heterocycles. The lowest BCUT2D eigenvalue weighted by molar-refractivity contribution is -0.141. The standard InChI is InChI=1S/C13H7F6NO2S/c14-12(15,16)7-3-1-2-6(4-7)5-8-20-10(13(17,18)19)9(23-8)11(21)22/h1-4H,5H2,(H,21,22). The molecule has 0 fully saturated rings. The van der Waals surface area contributed by atoms with E-state index in [0.717, 1.165) is 18.2 Å². The van der Waals surface area contributed by atoms with Gasteiger partial charge in [-0.1, -0.05) is 18.2 Å². The van der Waals surface area contributed by atoms with Crippen LogP contribution in [0.1, 0.15) is 31.5 Å². The molecule has 0 spiro atoms. The maximum atomic E-state index is 12.7. The number of nitrogens with zero attached hydrogens (tertiary/aromatic N) is 1. The van der Waals surface area contributed by atoms with E-state index in [1.807, 2.05) is 0 Å². The lowest BCUT2D eigenvalue weighted by Gasteiger charge is -2.07. The molecular weight excluding hydrogens is 348 g/mol. The molecule has 1 heterocycles. The number of carbonyl (C=O) groups is 1. The summed E-state index contributed by atoms with van der Waals surface area (Å²) in [5.74, 6) is -1.79. The number of hydrogen-bond donors (Lipinski definition) is 1. The largest absolute Gasteiger partial charge is 0.477 e. The average molecular weight is 355 g/mol. The van der Waals surface area contributed by atoms with E-state index in [2.05, 4.69) is 4.98 Å². The number of thiazole rings is 1. The Labute approximate surface area is 129 Å². The van der Waals surface area contributed by atoms with Crippen LogP contribution in [-0.2, 0) is 18.8 Å². The van der Waals surface area contributed by atoms with Gasteiger partial charge in [-0.25, -0.2) is 9.78 Å². The lowest BCUT2D eigenvalue weighted by atomic mass is 10.1. The van der Waals surface area contributed by atoms with Gasteiger partial charge >= 0.3 is 18.3 Å². The van der Waals surface area contributed by atoms with Gasteiger partial charge in [0, 0.05) is 6.42 Å².